The van der Waals surface area contributed by atoms with Gasteiger partial charge in [0.15, 0.2) is 12.2 Å². The molecule has 0 bridgehead atoms. The maximum Gasteiger partial charge on any atom is 0.181 e. The monoisotopic (exact) mass is 264 g/mol. The SMILES string of the molecule is CCCNCc1ncoc1-c1ccc(C)c(Cl)c1. The number of nitrogens with zero attached hydrogens (tertiary/aromatic N) is 1. The van der Waals surface area contributed by atoms with E-state index in [0.717, 1.165) is 40.6 Å². The number of aryl methyl sites for hydroxylation is 1. The van der Waals surface area contributed by atoms with Crippen LogP contribution in [0.4, 0.5) is 0 Å². The molecule has 0 aliphatic carbocycles. The van der Waals surface area contributed by atoms with Crippen molar-refractivity contribution in [2.24, 2.45) is 0 Å². The largest absolute Gasteiger partial charge is 0.443 e. The summed E-state index contributed by atoms with van der Waals surface area (Å²) in [6.07, 6.45) is 2.58. The highest BCUT2D eigenvalue weighted by atomic mass is 35.5. The van der Waals surface area contributed by atoms with E-state index in [2.05, 4.69) is 17.2 Å². The summed E-state index contributed by atoms with van der Waals surface area (Å²) in [5.41, 5.74) is 2.95. The second-order valence-electron chi connectivity index (χ2n) is 4.27. The standard InChI is InChI=1S/C14H17ClN2O/c1-3-6-16-8-13-14(18-9-17-13)11-5-4-10(2)12(15)7-11/h4-5,7,9,16H,3,6,8H2,1-2H3. The predicted octanol–water partition coefficient (Wildman–Crippen LogP) is 3.80. The molecule has 0 saturated heterocycles. The zero-order chi connectivity index (χ0) is 13.0. The molecule has 0 unspecified atom stereocenters. The molecule has 0 fully saturated rings. The highest BCUT2D eigenvalue weighted by Crippen LogP contribution is 2.27. The lowest BCUT2D eigenvalue weighted by atomic mass is 10.1. The molecular formula is C14H17ClN2O. The molecule has 1 aromatic carbocycles. The summed E-state index contributed by atoms with van der Waals surface area (Å²) in [6.45, 7) is 5.80. The fraction of sp³-hybridized carbons (Fsp3) is 0.357. The Morgan fingerprint density at radius 1 is 1.39 bits per heavy atom. The van der Waals surface area contributed by atoms with Crippen molar-refractivity contribution in [1.29, 1.82) is 0 Å². The average Bonchev–Trinajstić information content (AvgIpc) is 2.81. The number of hydrogen-bond acceptors (Lipinski definition) is 3. The molecular weight excluding hydrogens is 248 g/mol. The van der Waals surface area contributed by atoms with E-state index in [-0.39, 0.29) is 0 Å². The van der Waals surface area contributed by atoms with Crippen LogP contribution in [0.3, 0.4) is 0 Å². The number of aromatic nitrogens is 1. The molecule has 1 heterocycles. The maximum absolute atomic E-state index is 6.13. The van der Waals surface area contributed by atoms with Gasteiger partial charge in [0.2, 0.25) is 0 Å². The molecule has 2 aromatic rings. The number of benzene rings is 1. The van der Waals surface area contributed by atoms with E-state index >= 15 is 0 Å². The Hall–Kier alpha value is -1.32. The van der Waals surface area contributed by atoms with Gasteiger partial charge in [-0.1, -0.05) is 30.7 Å². The van der Waals surface area contributed by atoms with E-state index < -0.39 is 0 Å². The molecule has 0 spiro atoms. The van der Waals surface area contributed by atoms with E-state index in [4.69, 9.17) is 16.0 Å². The molecule has 96 valence electrons. The van der Waals surface area contributed by atoms with Crippen LogP contribution < -0.4 is 5.32 Å². The van der Waals surface area contributed by atoms with Crippen molar-refractivity contribution >= 4 is 11.6 Å². The third-order valence-electron chi connectivity index (χ3n) is 2.79. The third kappa shape index (κ3) is 2.92. The Morgan fingerprint density at radius 3 is 2.94 bits per heavy atom. The number of rotatable bonds is 5. The Kier molecular flexibility index (Phi) is 4.39. The van der Waals surface area contributed by atoms with Crippen molar-refractivity contribution in [1.82, 2.24) is 10.3 Å². The molecule has 1 aromatic heterocycles. The van der Waals surface area contributed by atoms with Crippen molar-refractivity contribution in [3.63, 3.8) is 0 Å². The highest BCUT2D eigenvalue weighted by molar-refractivity contribution is 6.31. The summed E-state index contributed by atoms with van der Waals surface area (Å²) < 4.78 is 5.47. The van der Waals surface area contributed by atoms with E-state index in [1.54, 1.807) is 0 Å². The first-order chi connectivity index (χ1) is 8.72. The topological polar surface area (TPSA) is 38.1 Å². The average molecular weight is 265 g/mol. The Balaban J connectivity index is 2.22. The summed E-state index contributed by atoms with van der Waals surface area (Å²) in [4.78, 5) is 4.24. The Labute approximate surface area is 112 Å². The molecule has 0 aliphatic heterocycles. The number of hydrogen-bond donors (Lipinski definition) is 1. The first-order valence-electron chi connectivity index (χ1n) is 6.12. The summed E-state index contributed by atoms with van der Waals surface area (Å²) >= 11 is 6.13. The summed E-state index contributed by atoms with van der Waals surface area (Å²) in [6, 6.07) is 5.91. The van der Waals surface area contributed by atoms with Crippen LogP contribution in [0.5, 0.6) is 0 Å². The quantitative estimate of drug-likeness (QED) is 0.835. The second kappa shape index (κ2) is 6.03. The first kappa shape index (κ1) is 13.1. The van der Waals surface area contributed by atoms with E-state index in [1.165, 1.54) is 6.39 Å². The highest BCUT2D eigenvalue weighted by Gasteiger charge is 2.11. The number of nitrogens with one attached hydrogen (secondary N) is 1. The molecule has 3 nitrogen and oxygen atoms in total. The van der Waals surface area contributed by atoms with Crippen molar-refractivity contribution in [2.45, 2.75) is 26.8 Å². The lowest BCUT2D eigenvalue weighted by Gasteiger charge is -2.04. The fourth-order valence-corrected chi connectivity index (χ4v) is 1.93. The minimum atomic E-state index is 0.713. The van der Waals surface area contributed by atoms with Crippen LogP contribution in [0.25, 0.3) is 11.3 Å². The van der Waals surface area contributed by atoms with Crippen LogP contribution in [0.1, 0.15) is 24.6 Å². The van der Waals surface area contributed by atoms with Crippen LogP contribution in [0.15, 0.2) is 29.0 Å². The van der Waals surface area contributed by atoms with Crippen LogP contribution in [-0.4, -0.2) is 11.5 Å². The van der Waals surface area contributed by atoms with Gasteiger partial charge in [-0.3, -0.25) is 0 Å². The molecule has 0 saturated carbocycles. The molecule has 0 aliphatic rings. The van der Waals surface area contributed by atoms with E-state index in [0.29, 0.717) is 6.54 Å². The van der Waals surface area contributed by atoms with Crippen molar-refractivity contribution in [2.75, 3.05) is 6.54 Å². The van der Waals surface area contributed by atoms with Gasteiger partial charge in [-0.15, -0.1) is 0 Å². The summed E-state index contributed by atoms with van der Waals surface area (Å²) in [5.74, 6) is 0.792. The molecule has 0 radical (unpaired) electrons. The number of halogens is 1. The zero-order valence-electron chi connectivity index (χ0n) is 10.7. The van der Waals surface area contributed by atoms with Gasteiger partial charge in [-0.05, 0) is 31.5 Å². The minimum absolute atomic E-state index is 0.713. The van der Waals surface area contributed by atoms with Gasteiger partial charge in [0, 0.05) is 17.1 Å². The van der Waals surface area contributed by atoms with Gasteiger partial charge >= 0.3 is 0 Å². The lowest BCUT2D eigenvalue weighted by Crippen LogP contribution is -2.14. The minimum Gasteiger partial charge on any atom is -0.443 e. The van der Waals surface area contributed by atoms with Crippen LogP contribution in [-0.2, 0) is 6.54 Å². The van der Waals surface area contributed by atoms with Crippen molar-refractivity contribution in [3.05, 3.63) is 40.9 Å². The molecule has 4 heteroatoms. The van der Waals surface area contributed by atoms with Gasteiger partial charge in [-0.25, -0.2) is 4.98 Å². The lowest BCUT2D eigenvalue weighted by molar-refractivity contribution is 0.569. The van der Waals surface area contributed by atoms with Gasteiger partial charge in [-0.2, -0.15) is 0 Å². The molecule has 1 N–H and O–H groups in total. The third-order valence-corrected chi connectivity index (χ3v) is 3.20. The van der Waals surface area contributed by atoms with Crippen molar-refractivity contribution < 1.29 is 4.42 Å². The van der Waals surface area contributed by atoms with E-state index in [1.807, 2.05) is 25.1 Å². The Morgan fingerprint density at radius 2 is 2.22 bits per heavy atom. The maximum atomic E-state index is 6.13. The van der Waals surface area contributed by atoms with Crippen molar-refractivity contribution in [3.8, 4) is 11.3 Å². The predicted molar refractivity (Wildman–Crippen MR) is 73.7 cm³/mol. The van der Waals surface area contributed by atoms with Gasteiger partial charge in [0.05, 0.1) is 0 Å². The smallest absolute Gasteiger partial charge is 0.181 e. The van der Waals surface area contributed by atoms with Gasteiger partial charge in [0.1, 0.15) is 5.69 Å². The van der Waals surface area contributed by atoms with E-state index in [9.17, 15) is 0 Å². The number of oxazole rings is 1. The van der Waals surface area contributed by atoms with Crippen LogP contribution in [0, 0.1) is 6.92 Å². The fourth-order valence-electron chi connectivity index (χ4n) is 1.75. The van der Waals surface area contributed by atoms with Crippen LogP contribution in [0.2, 0.25) is 5.02 Å². The second-order valence-corrected chi connectivity index (χ2v) is 4.68. The van der Waals surface area contributed by atoms with Crippen LogP contribution >= 0.6 is 11.6 Å². The molecule has 0 atom stereocenters. The zero-order valence-corrected chi connectivity index (χ0v) is 11.4. The Bertz CT molecular complexity index is 522. The van der Waals surface area contributed by atoms with Gasteiger partial charge in [0.25, 0.3) is 0 Å². The first-order valence-corrected chi connectivity index (χ1v) is 6.49. The normalized spacial score (nSPS) is 10.8. The molecule has 2 rings (SSSR count). The summed E-state index contributed by atoms with van der Waals surface area (Å²) in [5, 5.41) is 4.06. The molecule has 18 heavy (non-hydrogen) atoms. The summed E-state index contributed by atoms with van der Waals surface area (Å²) in [7, 11) is 0. The molecule has 0 amide bonds. The van der Waals surface area contributed by atoms with Gasteiger partial charge < -0.3 is 9.73 Å².